The topological polar surface area (TPSA) is 96.5 Å². The van der Waals surface area contributed by atoms with E-state index in [0.717, 1.165) is 15.3 Å². The van der Waals surface area contributed by atoms with Gasteiger partial charge in [-0.2, -0.15) is 0 Å². The lowest BCUT2D eigenvalue weighted by Crippen LogP contribution is -2.29. The summed E-state index contributed by atoms with van der Waals surface area (Å²) in [6, 6.07) is 12.4. The molecular weight excluding hydrogens is 462 g/mol. The highest BCUT2D eigenvalue weighted by atomic mass is 35.5. The SMILES string of the molecule is CCn1cc(C(=O)NCc2ccc(Cl)cc2)c(=O)c2cc(CNC[C@@H](O)c3ccco3)sc21. The van der Waals surface area contributed by atoms with Gasteiger partial charge in [0, 0.05) is 42.3 Å². The molecule has 1 amide bonds. The molecule has 0 spiro atoms. The van der Waals surface area contributed by atoms with Crippen molar-refractivity contribution in [3.8, 4) is 0 Å². The predicted octanol–water partition coefficient (Wildman–Crippen LogP) is 4.08. The average molecular weight is 486 g/mol. The van der Waals surface area contributed by atoms with Gasteiger partial charge >= 0.3 is 0 Å². The Labute approximate surface area is 199 Å². The minimum absolute atomic E-state index is 0.115. The van der Waals surface area contributed by atoms with Crippen LogP contribution in [-0.2, 0) is 19.6 Å². The highest BCUT2D eigenvalue weighted by Gasteiger charge is 2.18. The van der Waals surface area contributed by atoms with Crippen molar-refractivity contribution >= 4 is 39.1 Å². The second kappa shape index (κ2) is 10.4. The van der Waals surface area contributed by atoms with E-state index in [-0.39, 0.29) is 11.0 Å². The Balaban J connectivity index is 1.49. The summed E-state index contributed by atoms with van der Waals surface area (Å²) in [5.74, 6) is 0.0882. The van der Waals surface area contributed by atoms with E-state index in [1.54, 1.807) is 30.5 Å². The minimum Gasteiger partial charge on any atom is -0.467 e. The van der Waals surface area contributed by atoms with E-state index < -0.39 is 12.0 Å². The van der Waals surface area contributed by atoms with Gasteiger partial charge in [-0.3, -0.25) is 9.59 Å². The number of aliphatic hydroxyl groups is 1. The Kier molecular flexibility index (Phi) is 7.29. The second-order valence-electron chi connectivity index (χ2n) is 7.56. The van der Waals surface area contributed by atoms with Crippen molar-refractivity contribution in [2.24, 2.45) is 0 Å². The number of aryl methyl sites for hydroxylation is 1. The number of furan rings is 1. The monoisotopic (exact) mass is 485 g/mol. The first-order chi connectivity index (χ1) is 16.0. The number of thiophene rings is 1. The largest absolute Gasteiger partial charge is 0.467 e. The van der Waals surface area contributed by atoms with Crippen molar-refractivity contribution in [1.29, 1.82) is 0 Å². The zero-order valence-corrected chi connectivity index (χ0v) is 19.6. The van der Waals surface area contributed by atoms with Crippen LogP contribution in [0.5, 0.6) is 0 Å². The number of benzene rings is 1. The number of nitrogens with one attached hydrogen (secondary N) is 2. The van der Waals surface area contributed by atoms with E-state index >= 15 is 0 Å². The quantitative estimate of drug-likeness (QED) is 0.332. The number of hydrogen-bond acceptors (Lipinski definition) is 6. The Bertz CT molecular complexity index is 1300. The van der Waals surface area contributed by atoms with Crippen LogP contribution in [0.25, 0.3) is 10.2 Å². The Morgan fingerprint density at radius 2 is 2.03 bits per heavy atom. The van der Waals surface area contributed by atoms with Crippen LogP contribution in [0.4, 0.5) is 0 Å². The van der Waals surface area contributed by atoms with Gasteiger partial charge in [-0.1, -0.05) is 23.7 Å². The van der Waals surface area contributed by atoms with Gasteiger partial charge in [0.1, 0.15) is 22.3 Å². The highest BCUT2D eigenvalue weighted by Crippen LogP contribution is 2.24. The molecule has 1 atom stereocenters. The van der Waals surface area contributed by atoms with E-state index in [9.17, 15) is 14.7 Å². The maximum absolute atomic E-state index is 13.1. The average Bonchev–Trinajstić information content (AvgIpc) is 3.50. The summed E-state index contributed by atoms with van der Waals surface area (Å²) in [7, 11) is 0. The molecule has 0 saturated heterocycles. The highest BCUT2D eigenvalue weighted by molar-refractivity contribution is 7.18. The minimum atomic E-state index is -0.749. The molecule has 3 N–H and O–H groups in total. The number of carbonyl (C=O) groups is 1. The van der Waals surface area contributed by atoms with E-state index in [4.69, 9.17) is 16.0 Å². The maximum Gasteiger partial charge on any atom is 0.257 e. The number of aromatic nitrogens is 1. The maximum atomic E-state index is 13.1. The number of rotatable bonds is 9. The van der Waals surface area contributed by atoms with Crippen LogP contribution in [0.1, 0.15) is 39.6 Å². The van der Waals surface area contributed by atoms with Crippen LogP contribution >= 0.6 is 22.9 Å². The zero-order valence-electron chi connectivity index (χ0n) is 18.0. The molecule has 4 aromatic rings. The van der Waals surface area contributed by atoms with Crippen molar-refractivity contribution in [3.05, 3.63) is 91.9 Å². The first-order valence-corrected chi connectivity index (χ1v) is 11.8. The van der Waals surface area contributed by atoms with Gasteiger partial charge in [-0.05, 0) is 42.8 Å². The summed E-state index contributed by atoms with van der Waals surface area (Å²) in [4.78, 5) is 27.6. The van der Waals surface area contributed by atoms with Gasteiger partial charge in [-0.25, -0.2) is 0 Å². The van der Waals surface area contributed by atoms with E-state index in [0.29, 0.717) is 42.3 Å². The standard InChI is InChI=1S/C24H24ClN3O4S/c1-2-28-14-19(23(31)27-11-15-5-7-16(25)8-6-15)22(30)18-10-17(33-24(18)28)12-26-13-20(29)21-4-3-9-32-21/h3-10,14,20,26,29H,2,11-13H2,1H3,(H,27,31)/t20-/m1/s1. The van der Waals surface area contributed by atoms with Crippen molar-refractivity contribution in [2.75, 3.05) is 6.54 Å². The second-order valence-corrected chi connectivity index (χ2v) is 9.11. The first-order valence-electron chi connectivity index (χ1n) is 10.6. The summed E-state index contributed by atoms with van der Waals surface area (Å²) in [5.41, 5.74) is 0.718. The van der Waals surface area contributed by atoms with Crippen LogP contribution in [-0.4, -0.2) is 22.1 Å². The summed E-state index contributed by atoms with van der Waals surface area (Å²) >= 11 is 7.40. The molecule has 0 unspecified atom stereocenters. The number of halogens is 1. The fourth-order valence-electron chi connectivity index (χ4n) is 3.50. The number of pyridine rings is 1. The van der Waals surface area contributed by atoms with Gasteiger partial charge in [-0.15, -0.1) is 11.3 Å². The van der Waals surface area contributed by atoms with Crippen LogP contribution < -0.4 is 16.1 Å². The van der Waals surface area contributed by atoms with Crippen LogP contribution in [0.2, 0.25) is 5.02 Å². The summed E-state index contributed by atoms with van der Waals surface area (Å²) in [6.45, 7) is 3.70. The molecule has 172 valence electrons. The molecule has 0 fully saturated rings. The Hall–Kier alpha value is -2.91. The van der Waals surface area contributed by atoms with Crippen molar-refractivity contribution in [1.82, 2.24) is 15.2 Å². The molecule has 7 nitrogen and oxygen atoms in total. The van der Waals surface area contributed by atoms with Crippen molar-refractivity contribution in [3.63, 3.8) is 0 Å². The first kappa shape index (κ1) is 23.3. The van der Waals surface area contributed by atoms with Crippen LogP contribution in [0, 0.1) is 0 Å². The van der Waals surface area contributed by atoms with E-state index in [2.05, 4.69) is 10.6 Å². The number of fused-ring (bicyclic) bond motifs is 1. The summed E-state index contributed by atoms with van der Waals surface area (Å²) in [5, 5.41) is 17.3. The fourth-order valence-corrected chi connectivity index (χ4v) is 4.79. The number of nitrogens with zero attached hydrogens (tertiary/aromatic N) is 1. The van der Waals surface area contributed by atoms with Gasteiger partial charge in [0.2, 0.25) is 5.43 Å². The van der Waals surface area contributed by atoms with Crippen molar-refractivity contribution in [2.45, 2.75) is 32.7 Å². The van der Waals surface area contributed by atoms with E-state index in [1.165, 1.54) is 17.6 Å². The number of aliphatic hydroxyl groups excluding tert-OH is 1. The molecule has 9 heteroatoms. The van der Waals surface area contributed by atoms with E-state index in [1.807, 2.05) is 29.7 Å². The third kappa shape index (κ3) is 5.36. The fraction of sp³-hybridized carbons (Fsp3) is 0.250. The van der Waals surface area contributed by atoms with Gasteiger partial charge < -0.3 is 24.7 Å². The lowest BCUT2D eigenvalue weighted by molar-refractivity contribution is 0.0949. The smallest absolute Gasteiger partial charge is 0.257 e. The lowest BCUT2D eigenvalue weighted by atomic mass is 10.2. The molecule has 1 aromatic carbocycles. The third-order valence-electron chi connectivity index (χ3n) is 5.26. The van der Waals surface area contributed by atoms with Gasteiger partial charge in [0.25, 0.3) is 5.91 Å². The Morgan fingerprint density at radius 3 is 2.73 bits per heavy atom. The molecule has 3 heterocycles. The van der Waals surface area contributed by atoms with Crippen LogP contribution in [0.3, 0.4) is 0 Å². The molecule has 3 aromatic heterocycles. The predicted molar refractivity (Wildman–Crippen MR) is 130 cm³/mol. The molecule has 0 aliphatic rings. The summed E-state index contributed by atoms with van der Waals surface area (Å²) < 4.78 is 7.12. The number of hydrogen-bond donors (Lipinski definition) is 3. The van der Waals surface area contributed by atoms with Gasteiger partial charge in [0.15, 0.2) is 0 Å². The molecule has 0 bridgehead atoms. The third-order valence-corrected chi connectivity index (χ3v) is 6.68. The molecule has 0 aliphatic heterocycles. The number of carbonyl (C=O) groups excluding carboxylic acids is 1. The number of amides is 1. The molecule has 33 heavy (non-hydrogen) atoms. The van der Waals surface area contributed by atoms with Gasteiger partial charge in [0.05, 0.1) is 11.6 Å². The van der Waals surface area contributed by atoms with Crippen molar-refractivity contribution < 1.29 is 14.3 Å². The normalized spacial score (nSPS) is 12.2. The molecule has 0 radical (unpaired) electrons. The zero-order chi connectivity index (χ0) is 23.4. The molecule has 4 rings (SSSR count). The van der Waals surface area contributed by atoms with Crippen LogP contribution in [0.15, 0.2) is 64.1 Å². The summed E-state index contributed by atoms with van der Waals surface area (Å²) in [6.07, 6.45) is 2.39. The Morgan fingerprint density at radius 1 is 1.24 bits per heavy atom. The lowest BCUT2D eigenvalue weighted by Gasteiger charge is -2.09. The molecule has 0 saturated carbocycles. The molecular formula is C24H24ClN3O4S. The molecule has 0 aliphatic carbocycles.